The van der Waals surface area contributed by atoms with Gasteiger partial charge in [0.2, 0.25) is 0 Å². The minimum Gasteiger partial charge on any atom is -0.481 e. The monoisotopic (exact) mass is 243 g/mol. The Hall–Kier alpha value is -0.610. The van der Waals surface area contributed by atoms with E-state index in [-0.39, 0.29) is 0 Å². The highest BCUT2D eigenvalue weighted by Crippen LogP contribution is 2.23. The van der Waals surface area contributed by atoms with Crippen molar-refractivity contribution in [3.05, 3.63) is 0 Å². The van der Waals surface area contributed by atoms with E-state index in [2.05, 4.69) is 11.8 Å². The summed E-state index contributed by atoms with van der Waals surface area (Å²) in [4.78, 5) is 13.0. The van der Waals surface area contributed by atoms with Gasteiger partial charge in [-0.05, 0) is 51.6 Å². The van der Waals surface area contributed by atoms with Crippen LogP contribution in [-0.4, -0.2) is 48.8 Å². The summed E-state index contributed by atoms with van der Waals surface area (Å²) in [6, 6.07) is 0.579. The van der Waals surface area contributed by atoms with E-state index in [9.17, 15) is 4.79 Å². The highest BCUT2D eigenvalue weighted by molar-refractivity contribution is 5.66. The Morgan fingerprint density at radius 1 is 1.47 bits per heavy atom. The van der Waals surface area contributed by atoms with Crippen molar-refractivity contribution < 1.29 is 14.6 Å². The number of nitrogens with zero attached hydrogens (tertiary/aromatic N) is 1. The number of piperidine rings is 1. The molecule has 4 heteroatoms. The van der Waals surface area contributed by atoms with Crippen LogP contribution in [0.1, 0.15) is 39.0 Å². The zero-order chi connectivity index (χ0) is 12.7. The van der Waals surface area contributed by atoms with Gasteiger partial charge in [-0.15, -0.1) is 0 Å². The fourth-order valence-corrected chi connectivity index (χ4v) is 2.48. The molecule has 1 saturated heterocycles. The number of hydrogen-bond acceptors (Lipinski definition) is 3. The molecular formula is C13H25NO3. The molecule has 1 heterocycles. The molecule has 1 atom stereocenters. The van der Waals surface area contributed by atoms with Gasteiger partial charge in [0, 0.05) is 26.2 Å². The predicted octanol–water partition coefficient (Wildman–Crippen LogP) is 1.99. The number of carbonyl (C=O) groups is 1. The molecule has 0 aliphatic carbocycles. The van der Waals surface area contributed by atoms with Crippen molar-refractivity contribution in [3.63, 3.8) is 0 Å². The predicted molar refractivity (Wildman–Crippen MR) is 67.1 cm³/mol. The second-order valence-electron chi connectivity index (χ2n) is 5.04. The van der Waals surface area contributed by atoms with Crippen LogP contribution in [0.25, 0.3) is 0 Å². The number of methoxy groups -OCH3 is 1. The maximum absolute atomic E-state index is 10.5. The minimum atomic E-state index is -0.666. The molecule has 4 nitrogen and oxygen atoms in total. The Balaban J connectivity index is 2.18. The van der Waals surface area contributed by atoms with Crippen LogP contribution >= 0.6 is 0 Å². The lowest BCUT2D eigenvalue weighted by atomic mass is 9.91. The molecule has 0 spiro atoms. The van der Waals surface area contributed by atoms with Crippen molar-refractivity contribution in [1.29, 1.82) is 0 Å². The van der Waals surface area contributed by atoms with E-state index in [1.807, 2.05) is 0 Å². The smallest absolute Gasteiger partial charge is 0.303 e. The molecule has 1 fully saturated rings. The molecule has 1 aliphatic heterocycles. The summed E-state index contributed by atoms with van der Waals surface area (Å²) < 4.78 is 5.10. The standard InChI is InChI=1S/C13H25NO3/c1-11(7-10-17-2)14-8-5-12(6-9-14)3-4-13(15)16/h11-12H,3-10H2,1-2H3,(H,15,16). The number of ether oxygens (including phenoxy) is 1. The van der Waals surface area contributed by atoms with Gasteiger partial charge in [0.25, 0.3) is 0 Å². The van der Waals surface area contributed by atoms with Crippen LogP contribution in [-0.2, 0) is 9.53 Å². The van der Waals surface area contributed by atoms with Gasteiger partial charge < -0.3 is 14.7 Å². The van der Waals surface area contributed by atoms with E-state index in [1.54, 1.807) is 7.11 Å². The van der Waals surface area contributed by atoms with Gasteiger partial charge in [0.05, 0.1) is 0 Å². The molecule has 100 valence electrons. The number of hydrogen-bond donors (Lipinski definition) is 1. The molecule has 1 N–H and O–H groups in total. The number of rotatable bonds is 7. The number of carboxylic acid groups (broad SMARTS) is 1. The van der Waals surface area contributed by atoms with Crippen molar-refractivity contribution in [2.45, 2.75) is 45.1 Å². The SMILES string of the molecule is COCCC(C)N1CCC(CCC(=O)O)CC1. The van der Waals surface area contributed by atoms with Crippen LogP contribution in [0, 0.1) is 5.92 Å². The van der Waals surface area contributed by atoms with E-state index in [0.29, 0.717) is 18.4 Å². The van der Waals surface area contributed by atoms with Crippen molar-refractivity contribution in [1.82, 2.24) is 4.90 Å². The molecular weight excluding hydrogens is 218 g/mol. The fourth-order valence-electron chi connectivity index (χ4n) is 2.48. The summed E-state index contributed by atoms with van der Waals surface area (Å²) in [6.07, 6.45) is 4.53. The first-order valence-corrected chi connectivity index (χ1v) is 6.58. The maximum Gasteiger partial charge on any atom is 0.303 e. The molecule has 0 radical (unpaired) electrons. The Labute approximate surface area is 104 Å². The first-order valence-electron chi connectivity index (χ1n) is 6.58. The molecule has 1 unspecified atom stereocenters. The molecule has 17 heavy (non-hydrogen) atoms. The van der Waals surface area contributed by atoms with Crippen LogP contribution in [0.5, 0.6) is 0 Å². The molecule has 0 amide bonds. The fraction of sp³-hybridized carbons (Fsp3) is 0.923. The summed E-state index contributed by atoms with van der Waals surface area (Å²) in [5.74, 6) is -0.0575. The molecule has 1 rings (SSSR count). The highest BCUT2D eigenvalue weighted by Gasteiger charge is 2.22. The van der Waals surface area contributed by atoms with Crippen LogP contribution in [0.4, 0.5) is 0 Å². The van der Waals surface area contributed by atoms with Crippen LogP contribution in [0.2, 0.25) is 0 Å². The zero-order valence-electron chi connectivity index (χ0n) is 11.0. The van der Waals surface area contributed by atoms with Crippen molar-refractivity contribution in [3.8, 4) is 0 Å². The normalized spacial score (nSPS) is 20.4. The Bertz CT molecular complexity index is 225. The summed E-state index contributed by atoms with van der Waals surface area (Å²) in [7, 11) is 1.74. The average Bonchev–Trinajstić information content (AvgIpc) is 2.34. The van der Waals surface area contributed by atoms with Gasteiger partial charge >= 0.3 is 5.97 Å². The molecule has 0 saturated carbocycles. The Kier molecular flexibility index (Phi) is 6.52. The third-order valence-electron chi connectivity index (χ3n) is 3.78. The van der Waals surface area contributed by atoms with Crippen LogP contribution < -0.4 is 0 Å². The van der Waals surface area contributed by atoms with Crippen molar-refractivity contribution >= 4 is 5.97 Å². The van der Waals surface area contributed by atoms with E-state index in [0.717, 1.165) is 45.4 Å². The third-order valence-corrected chi connectivity index (χ3v) is 3.78. The molecule has 0 aromatic rings. The first-order chi connectivity index (χ1) is 8.13. The van der Waals surface area contributed by atoms with E-state index in [1.165, 1.54) is 0 Å². The van der Waals surface area contributed by atoms with Gasteiger partial charge in [0.15, 0.2) is 0 Å². The van der Waals surface area contributed by atoms with E-state index < -0.39 is 5.97 Å². The number of likely N-dealkylation sites (tertiary alicyclic amines) is 1. The quantitative estimate of drug-likeness (QED) is 0.743. The average molecular weight is 243 g/mol. The third kappa shape index (κ3) is 5.50. The molecule has 0 bridgehead atoms. The molecule has 0 aromatic heterocycles. The second kappa shape index (κ2) is 7.67. The largest absolute Gasteiger partial charge is 0.481 e. The lowest BCUT2D eigenvalue weighted by Gasteiger charge is -2.36. The summed E-state index contributed by atoms with van der Waals surface area (Å²) in [6.45, 7) is 5.28. The van der Waals surface area contributed by atoms with Gasteiger partial charge in [-0.3, -0.25) is 4.79 Å². The van der Waals surface area contributed by atoms with Gasteiger partial charge in [0.1, 0.15) is 0 Å². The summed E-state index contributed by atoms with van der Waals surface area (Å²) in [5.41, 5.74) is 0. The van der Waals surface area contributed by atoms with Gasteiger partial charge in [-0.2, -0.15) is 0 Å². The Morgan fingerprint density at radius 2 is 2.12 bits per heavy atom. The van der Waals surface area contributed by atoms with Gasteiger partial charge in [-0.25, -0.2) is 0 Å². The Morgan fingerprint density at radius 3 is 2.65 bits per heavy atom. The van der Waals surface area contributed by atoms with Crippen LogP contribution in [0.3, 0.4) is 0 Å². The summed E-state index contributed by atoms with van der Waals surface area (Å²) in [5, 5.41) is 8.66. The van der Waals surface area contributed by atoms with Crippen molar-refractivity contribution in [2.24, 2.45) is 5.92 Å². The van der Waals surface area contributed by atoms with E-state index in [4.69, 9.17) is 9.84 Å². The molecule has 0 aromatic carbocycles. The zero-order valence-corrected chi connectivity index (χ0v) is 11.0. The van der Waals surface area contributed by atoms with Gasteiger partial charge in [-0.1, -0.05) is 0 Å². The highest BCUT2D eigenvalue weighted by atomic mass is 16.5. The second-order valence-corrected chi connectivity index (χ2v) is 5.04. The number of carboxylic acids is 1. The summed E-state index contributed by atoms with van der Waals surface area (Å²) >= 11 is 0. The van der Waals surface area contributed by atoms with Crippen molar-refractivity contribution in [2.75, 3.05) is 26.8 Å². The lowest BCUT2D eigenvalue weighted by Crippen LogP contribution is -2.40. The van der Waals surface area contributed by atoms with Crippen LogP contribution in [0.15, 0.2) is 0 Å². The maximum atomic E-state index is 10.5. The first kappa shape index (κ1) is 14.5. The lowest BCUT2D eigenvalue weighted by molar-refractivity contribution is -0.137. The molecule has 1 aliphatic rings. The van der Waals surface area contributed by atoms with E-state index >= 15 is 0 Å². The minimum absolute atomic E-state index is 0.323. The topological polar surface area (TPSA) is 49.8 Å². The number of aliphatic carboxylic acids is 1.